The lowest BCUT2D eigenvalue weighted by molar-refractivity contribution is -0.188. The first-order valence-corrected chi connectivity index (χ1v) is 6.02. The maximum absolute atomic E-state index is 12.6. The van der Waals surface area contributed by atoms with Crippen molar-refractivity contribution in [2.75, 3.05) is 13.1 Å². The molecule has 1 saturated heterocycles. The zero-order valence-electron chi connectivity index (χ0n) is 10.5. The molecular weight excluding hydrogens is 245 g/mol. The highest BCUT2D eigenvalue weighted by Gasteiger charge is 2.43. The molecule has 2 unspecified atom stereocenters. The predicted molar refractivity (Wildman–Crippen MR) is 59.3 cm³/mol. The van der Waals surface area contributed by atoms with E-state index in [1.54, 1.807) is 13.8 Å². The van der Waals surface area contributed by atoms with E-state index in [2.05, 4.69) is 0 Å². The molecule has 102 valence electrons. The molecule has 1 aliphatic heterocycles. The fourth-order valence-corrected chi connectivity index (χ4v) is 2.13. The van der Waals surface area contributed by atoms with Gasteiger partial charge in [-0.15, -0.1) is 0 Å². The Morgan fingerprint density at radius 3 is 2.50 bits per heavy atom. The number of hydrogen-bond donors (Lipinski definition) is 0. The molecule has 18 heavy (non-hydrogen) atoms. The van der Waals surface area contributed by atoms with Crippen LogP contribution >= 0.6 is 0 Å². The van der Waals surface area contributed by atoms with Crippen molar-refractivity contribution in [1.82, 2.24) is 4.90 Å². The number of alkyl halides is 3. The Kier molecular flexibility index (Phi) is 4.60. The van der Waals surface area contributed by atoms with Crippen molar-refractivity contribution < 1.29 is 18.0 Å². The first-order chi connectivity index (χ1) is 8.27. The molecule has 0 aromatic carbocycles. The molecule has 1 rings (SSSR count). The van der Waals surface area contributed by atoms with E-state index in [-0.39, 0.29) is 18.9 Å². The zero-order chi connectivity index (χ0) is 13.9. The van der Waals surface area contributed by atoms with Crippen LogP contribution in [0.4, 0.5) is 13.2 Å². The lowest BCUT2D eigenvalue weighted by atomic mass is 9.92. The summed E-state index contributed by atoms with van der Waals surface area (Å²) in [5.41, 5.74) is 0. The topological polar surface area (TPSA) is 44.1 Å². The van der Waals surface area contributed by atoms with Gasteiger partial charge < -0.3 is 4.90 Å². The molecule has 0 radical (unpaired) electrons. The van der Waals surface area contributed by atoms with Crippen molar-refractivity contribution in [3.63, 3.8) is 0 Å². The minimum Gasteiger partial charge on any atom is -0.341 e. The van der Waals surface area contributed by atoms with Crippen molar-refractivity contribution in [3.8, 4) is 6.07 Å². The number of likely N-dealkylation sites (tertiary alicyclic amines) is 1. The Balaban J connectivity index is 2.73. The molecule has 2 atom stereocenters. The van der Waals surface area contributed by atoms with Gasteiger partial charge in [-0.05, 0) is 18.8 Å². The van der Waals surface area contributed by atoms with Crippen molar-refractivity contribution in [1.29, 1.82) is 5.26 Å². The van der Waals surface area contributed by atoms with E-state index in [0.717, 1.165) is 0 Å². The third kappa shape index (κ3) is 3.37. The summed E-state index contributed by atoms with van der Waals surface area (Å²) in [5.74, 6) is -2.96. The summed E-state index contributed by atoms with van der Waals surface area (Å²) in [7, 11) is 0. The van der Waals surface area contributed by atoms with Crippen LogP contribution in [0.5, 0.6) is 0 Å². The van der Waals surface area contributed by atoms with E-state index in [1.165, 1.54) is 4.90 Å². The van der Waals surface area contributed by atoms with E-state index in [9.17, 15) is 18.0 Å². The first-order valence-electron chi connectivity index (χ1n) is 6.02. The number of amides is 1. The van der Waals surface area contributed by atoms with Crippen LogP contribution in [0, 0.1) is 29.1 Å². The largest absolute Gasteiger partial charge is 0.393 e. The molecule has 0 aromatic heterocycles. The summed E-state index contributed by atoms with van der Waals surface area (Å²) in [5, 5.41) is 8.90. The van der Waals surface area contributed by atoms with Crippen LogP contribution in [-0.2, 0) is 4.79 Å². The van der Waals surface area contributed by atoms with Crippen LogP contribution in [-0.4, -0.2) is 30.1 Å². The Hall–Kier alpha value is -1.25. The van der Waals surface area contributed by atoms with Gasteiger partial charge >= 0.3 is 6.18 Å². The minimum atomic E-state index is -4.26. The van der Waals surface area contributed by atoms with Gasteiger partial charge in [-0.2, -0.15) is 18.4 Å². The minimum absolute atomic E-state index is 0.0617. The molecule has 0 spiro atoms. The number of nitriles is 1. The smallest absolute Gasteiger partial charge is 0.341 e. The first kappa shape index (κ1) is 14.8. The van der Waals surface area contributed by atoms with E-state index in [4.69, 9.17) is 5.26 Å². The molecule has 0 saturated carbocycles. The molecule has 0 aromatic rings. The number of piperidine rings is 1. The second kappa shape index (κ2) is 5.59. The monoisotopic (exact) mass is 262 g/mol. The Morgan fingerprint density at radius 2 is 2.06 bits per heavy atom. The van der Waals surface area contributed by atoms with Crippen molar-refractivity contribution >= 4 is 5.91 Å². The number of carbonyl (C=O) groups is 1. The van der Waals surface area contributed by atoms with Crippen molar-refractivity contribution in [2.24, 2.45) is 17.8 Å². The Bertz CT molecular complexity index is 346. The summed E-state index contributed by atoms with van der Waals surface area (Å²) >= 11 is 0. The third-order valence-corrected chi connectivity index (χ3v) is 3.27. The standard InChI is InChI=1S/C12H17F3N2O/c1-8(2)10(6-16)11(18)17-5-3-4-9(7-17)12(13,14)15/h8-10H,3-5,7H2,1-2H3. The maximum Gasteiger partial charge on any atom is 0.393 e. The Morgan fingerprint density at radius 1 is 1.44 bits per heavy atom. The molecule has 0 bridgehead atoms. The van der Waals surface area contributed by atoms with E-state index in [1.807, 2.05) is 6.07 Å². The fraction of sp³-hybridized carbons (Fsp3) is 0.833. The van der Waals surface area contributed by atoms with Crippen LogP contribution in [0.15, 0.2) is 0 Å². The highest BCUT2D eigenvalue weighted by atomic mass is 19.4. The van der Waals surface area contributed by atoms with Crippen LogP contribution in [0.1, 0.15) is 26.7 Å². The average Bonchev–Trinajstić information content (AvgIpc) is 2.28. The quantitative estimate of drug-likeness (QED) is 0.767. The average molecular weight is 262 g/mol. The SMILES string of the molecule is CC(C)C(C#N)C(=O)N1CCCC(C(F)(F)F)C1. The van der Waals surface area contributed by atoms with Gasteiger partial charge in [0.25, 0.3) is 0 Å². The Labute approximate surface area is 105 Å². The molecule has 3 nitrogen and oxygen atoms in total. The predicted octanol–water partition coefficient (Wildman–Crippen LogP) is 2.58. The highest BCUT2D eigenvalue weighted by molar-refractivity contribution is 5.81. The highest BCUT2D eigenvalue weighted by Crippen LogP contribution is 2.33. The molecule has 1 amide bonds. The van der Waals surface area contributed by atoms with Gasteiger partial charge in [0, 0.05) is 13.1 Å². The number of nitrogens with zero attached hydrogens (tertiary/aromatic N) is 2. The lowest BCUT2D eigenvalue weighted by Crippen LogP contribution is -2.47. The molecule has 1 heterocycles. The van der Waals surface area contributed by atoms with Gasteiger partial charge in [-0.1, -0.05) is 13.8 Å². The number of carbonyl (C=O) groups excluding carboxylic acids is 1. The summed E-state index contributed by atoms with van der Waals surface area (Å²) in [6.07, 6.45) is -3.86. The number of halogens is 3. The zero-order valence-corrected chi connectivity index (χ0v) is 10.5. The summed E-state index contributed by atoms with van der Waals surface area (Å²) in [6.45, 7) is 3.44. The third-order valence-electron chi connectivity index (χ3n) is 3.27. The second-order valence-electron chi connectivity index (χ2n) is 5.02. The van der Waals surface area contributed by atoms with Gasteiger partial charge in [-0.3, -0.25) is 4.79 Å². The molecule has 0 N–H and O–H groups in total. The van der Waals surface area contributed by atoms with E-state index >= 15 is 0 Å². The molecule has 0 aliphatic carbocycles. The van der Waals surface area contributed by atoms with E-state index < -0.39 is 23.9 Å². The second-order valence-corrected chi connectivity index (χ2v) is 5.02. The van der Waals surface area contributed by atoms with Gasteiger partial charge in [0.05, 0.1) is 12.0 Å². The van der Waals surface area contributed by atoms with Crippen molar-refractivity contribution in [3.05, 3.63) is 0 Å². The van der Waals surface area contributed by atoms with Crippen molar-refractivity contribution in [2.45, 2.75) is 32.9 Å². The van der Waals surface area contributed by atoms with Gasteiger partial charge in [0.2, 0.25) is 5.91 Å². The van der Waals surface area contributed by atoms with Crippen LogP contribution in [0.25, 0.3) is 0 Å². The number of hydrogen-bond acceptors (Lipinski definition) is 2. The lowest BCUT2D eigenvalue weighted by Gasteiger charge is -2.35. The summed E-state index contributed by atoms with van der Waals surface area (Å²) in [4.78, 5) is 13.2. The molecule has 1 aliphatic rings. The molecular formula is C12H17F3N2O. The molecule has 6 heteroatoms. The van der Waals surface area contributed by atoms with Gasteiger partial charge in [0.1, 0.15) is 5.92 Å². The van der Waals surface area contributed by atoms with Gasteiger partial charge in [-0.25, -0.2) is 0 Å². The summed E-state index contributed by atoms with van der Waals surface area (Å²) in [6, 6.07) is 1.88. The van der Waals surface area contributed by atoms with E-state index in [0.29, 0.717) is 13.0 Å². The van der Waals surface area contributed by atoms with Crippen LogP contribution in [0.3, 0.4) is 0 Å². The normalized spacial score (nSPS) is 22.7. The van der Waals surface area contributed by atoms with Crippen LogP contribution < -0.4 is 0 Å². The van der Waals surface area contributed by atoms with Crippen LogP contribution in [0.2, 0.25) is 0 Å². The summed E-state index contributed by atoms with van der Waals surface area (Å²) < 4.78 is 37.8. The number of rotatable bonds is 2. The molecule has 1 fully saturated rings. The maximum atomic E-state index is 12.6. The van der Waals surface area contributed by atoms with Gasteiger partial charge in [0.15, 0.2) is 0 Å². The fourth-order valence-electron chi connectivity index (χ4n) is 2.13.